The van der Waals surface area contributed by atoms with Crippen molar-refractivity contribution in [1.29, 1.82) is 0 Å². The largest absolute Gasteiger partial charge is 0.497 e. The van der Waals surface area contributed by atoms with Gasteiger partial charge in [-0.25, -0.2) is 4.98 Å². The van der Waals surface area contributed by atoms with E-state index < -0.39 is 0 Å². The average Bonchev–Trinajstić information content (AvgIpc) is 3.40. The molecule has 1 fully saturated rings. The number of hydrogen-bond acceptors (Lipinski definition) is 5. The maximum atomic E-state index is 13.1. The number of carbonyl (C=O) groups excluding carboxylic acids is 2. The molecule has 3 aromatic rings. The molecule has 2 amide bonds. The molecule has 1 aromatic heterocycles. The normalized spacial score (nSPS) is 15.8. The Balaban J connectivity index is 1.70. The number of likely N-dealkylation sites (N-methyl/N-ethyl adjacent to an activating group) is 1. The summed E-state index contributed by atoms with van der Waals surface area (Å²) in [7, 11) is 3.18. The molecule has 0 spiro atoms. The standard InChI is InChI=1S/C25H30N4O4/c1-5-27(6-2)24(31)16-29-20-10-8-7-9-19(20)26-25(29)17-13-23(30)28(15-17)21-14-18(32-3)11-12-22(21)33-4/h7-12,14,17H,5-6,13,15-16H2,1-4H3. The van der Waals surface area contributed by atoms with Crippen LogP contribution in [0.2, 0.25) is 0 Å². The summed E-state index contributed by atoms with van der Waals surface area (Å²) < 4.78 is 12.8. The number of anilines is 1. The van der Waals surface area contributed by atoms with E-state index >= 15 is 0 Å². The zero-order valence-corrected chi connectivity index (χ0v) is 19.6. The maximum absolute atomic E-state index is 13.1. The molecule has 2 aromatic carbocycles. The van der Waals surface area contributed by atoms with Gasteiger partial charge in [0.25, 0.3) is 0 Å². The molecule has 1 atom stereocenters. The molecule has 8 nitrogen and oxygen atoms in total. The predicted molar refractivity (Wildman–Crippen MR) is 127 cm³/mol. The molecule has 1 aliphatic rings. The van der Waals surface area contributed by atoms with Crippen molar-refractivity contribution in [1.82, 2.24) is 14.5 Å². The molecule has 2 heterocycles. The van der Waals surface area contributed by atoms with Crippen LogP contribution >= 0.6 is 0 Å². The van der Waals surface area contributed by atoms with E-state index in [1.165, 1.54) is 0 Å². The lowest BCUT2D eigenvalue weighted by molar-refractivity contribution is -0.131. The van der Waals surface area contributed by atoms with E-state index in [1.807, 2.05) is 53.6 Å². The highest BCUT2D eigenvalue weighted by Gasteiger charge is 2.36. The second-order valence-electron chi connectivity index (χ2n) is 8.05. The molecule has 8 heteroatoms. The average molecular weight is 451 g/mol. The molecule has 174 valence electrons. The van der Waals surface area contributed by atoms with E-state index in [0.29, 0.717) is 43.2 Å². The molecule has 1 unspecified atom stereocenters. The van der Waals surface area contributed by atoms with Gasteiger partial charge < -0.3 is 23.8 Å². The van der Waals surface area contributed by atoms with E-state index in [0.717, 1.165) is 16.9 Å². The van der Waals surface area contributed by atoms with Crippen LogP contribution in [0.1, 0.15) is 32.0 Å². The topological polar surface area (TPSA) is 76.9 Å². The molecule has 1 aliphatic heterocycles. The quantitative estimate of drug-likeness (QED) is 0.525. The third kappa shape index (κ3) is 4.25. The minimum Gasteiger partial charge on any atom is -0.497 e. The number of benzene rings is 2. The summed E-state index contributed by atoms with van der Waals surface area (Å²) in [6.07, 6.45) is 0.309. The van der Waals surface area contributed by atoms with Crippen molar-refractivity contribution >= 4 is 28.5 Å². The van der Waals surface area contributed by atoms with Crippen molar-refractivity contribution in [2.24, 2.45) is 0 Å². The van der Waals surface area contributed by atoms with Gasteiger partial charge in [-0.1, -0.05) is 12.1 Å². The predicted octanol–water partition coefficient (Wildman–Crippen LogP) is 3.44. The van der Waals surface area contributed by atoms with Gasteiger partial charge in [0.1, 0.15) is 23.9 Å². The smallest absolute Gasteiger partial charge is 0.242 e. The summed E-state index contributed by atoms with van der Waals surface area (Å²) in [4.78, 5) is 34.4. The fraction of sp³-hybridized carbons (Fsp3) is 0.400. The lowest BCUT2D eigenvalue weighted by Gasteiger charge is -2.22. The van der Waals surface area contributed by atoms with E-state index in [-0.39, 0.29) is 24.3 Å². The van der Waals surface area contributed by atoms with Crippen molar-refractivity contribution in [3.05, 3.63) is 48.3 Å². The molecule has 0 bridgehead atoms. The first-order valence-corrected chi connectivity index (χ1v) is 11.3. The zero-order valence-electron chi connectivity index (χ0n) is 19.6. The number of imidazole rings is 1. The van der Waals surface area contributed by atoms with Crippen LogP contribution in [-0.2, 0) is 16.1 Å². The Bertz CT molecular complexity index is 1170. The van der Waals surface area contributed by atoms with Gasteiger partial charge in [0, 0.05) is 38.0 Å². The number of ether oxygens (including phenoxy) is 2. The van der Waals surface area contributed by atoms with Crippen LogP contribution in [0.25, 0.3) is 11.0 Å². The molecule has 1 saturated heterocycles. The van der Waals surface area contributed by atoms with Crippen LogP contribution < -0.4 is 14.4 Å². The van der Waals surface area contributed by atoms with Gasteiger partial charge in [-0.05, 0) is 38.1 Å². The third-order valence-electron chi connectivity index (χ3n) is 6.26. The first-order valence-electron chi connectivity index (χ1n) is 11.3. The van der Waals surface area contributed by atoms with Crippen LogP contribution in [0.3, 0.4) is 0 Å². The Morgan fingerprint density at radius 3 is 2.58 bits per heavy atom. The van der Waals surface area contributed by atoms with Gasteiger partial charge >= 0.3 is 0 Å². The second-order valence-corrected chi connectivity index (χ2v) is 8.05. The van der Waals surface area contributed by atoms with Crippen LogP contribution in [-0.4, -0.2) is 60.1 Å². The highest BCUT2D eigenvalue weighted by Crippen LogP contribution is 2.39. The molecule has 0 N–H and O–H groups in total. The first-order chi connectivity index (χ1) is 16.0. The summed E-state index contributed by atoms with van der Waals surface area (Å²) in [6.45, 7) is 5.91. The summed E-state index contributed by atoms with van der Waals surface area (Å²) in [5.74, 6) is 1.90. The highest BCUT2D eigenvalue weighted by molar-refractivity contribution is 5.98. The van der Waals surface area contributed by atoms with Crippen LogP contribution in [0, 0.1) is 0 Å². The fourth-order valence-corrected chi connectivity index (χ4v) is 4.50. The minimum atomic E-state index is -0.148. The van der Waals surface area contributed by atoms with E-state index in [4.69, 9.17) is 14.5 Å². The summed E-state index contributed by atoms with van der Waals surface area (Å²) >= 11 is 0. The summed E-state index contributed by atoms with van der Waals surface area (Å²) in [5, 5.41) is 0. The number of carbonyl (C=O) groups is 2. The molecular weight excluding hydrogens is 420 g/mol. The van der Waals surface area contributed by atoms with Crippen LogP contribution in [0.4, 0.5) is 5.69 Å². The van der Waals surface area contributed by atoms with Crippen molar-refractivity contribution in [3.8, 4) is 11.5 Å². The first kappa shape index (κ1) is 22.6. The number of amides is 2. The number of nitrogens with zero attached hydrogens (tertiary/aromatic N) is 4. The number of fused-ring (bicyclic) bond motifs is 1. The van der Waals surface area contributed by atoms with E-state index in [9.17, 15) is 9.59 Å². The molecule has 4 rings (SSSR count). The Labute approximate surface area is 193 Å². The van der Waals surface area contributed by atoms with Gasteiger partial charge in [-0.2, -0.15) is 0 Å². The minimum absolute atomic E-state index is 0.0137. The lowest BCUT2D eigenvalue weighted by Crippen LogP contribution is -2.34. The van der Waals surface area contributed by atoms with Gasteiger partial charge in [0.15, 0.2) is 0 Å². The Morgan fingerprint density at radius 2 is 1.88 bits per heavy atom. The second kappa shape index (κ2) is 9.52. The van der Waals surface area contributed by atoms with Gasteiger partial charge in [-0.15, -0.1) is 0 Å². The van der Waals surface area contributed by atoms with Gasteiger partial charge in [0.2, 0.25) is 11.8 Å². The Hall–Kier alpha value is -3.55. The number of aromatic nitrogens is 2. The Morgan fingerprint density at radius 1 is 1.12 bits per heavy atom. The van der Waals surface area contributed by atoms with Crippen molar-refractivity contribution in [3.63, 3.8) is 0 Å². The van der Waals surface area contributed by atoms with Crippen molar-refractivity contribution in [2.45, 2.75) is 32.7 Å². The third-order valence-corrected chi connectivity index (χ3v) is 6.26. The zero-order chi connectivity index (χ0) is 23.5. The van der Waals surface area contributed by atoms with Gasteiger partial charge in [-0.3, -0.25) is 9.59 Å². The number of methoxy groups -OCH3 is 2. The molecule has 0 radical (unpaired) electrons. The highest BCUT2D eigenvalue weighted by atomic mass is 16.5. The number of rotatable bonds is 8. The Kier molecular flexibility index (Phi) is 6.53. The fourth-order valence-electron chi connectivity index (χ4n) is 4.50. The molecule has 0 aliphatic carbocycles. The van der Waals surface area contributed by atoms with Crippen LogP contribution in [0.5, 0.6) is 11.5 Å². The van der Waals surface area contributed by atoms with Gasteiger partial charge in [0.05, 0.1) is 30.9 Å². The molecule has 33 heavy (non-hydrogen) atoms. The lowest BCUT2D eigenvalue weighted by atomic mass is 10.1. The molecular formula is C25H30N4O4. The summed E-state index contributed by atoms with van der Waals surface area (Å²) in [5.41, 5.74) is 2.40. The monoisotopic (exact) mass is 450 g/mol. The van der Waals surface area contributed by atoms with Crippen molar-refractivity contribution in [2.75, 3.05) is 38.8 Å². The van der Waals surface area contributed by atoms with E-state index in [1.54, 1.807) is 31.3 Å². The summed E-state index contributed by atoms with van der Waals surface area (Å²) in [6, 6.07) is 13.2. The van der Waals surface area contributed by atoms with Crippen molar-refractivity contribution < 1.29 is 19.1 Å². The van der Waals surface area contributed by atoms with Crippen LogP contribution in [0.15, 0.2) is 42.5 Å². The number of hydrogen-bond donors (Lipinski definition) is 0. The molecule has 0 saturated carbocycles. The number of para-hydroxylation sites is 2. The maximum Gasteiger partial charge on any atom is 0.242 e. The SMILES string of the molecule is CCN(CC)C(=O)Cn1c(C2CC(=O)N(c3cc(OC)ccc3OC)C2)nc2ccccc21. The van der Waals surface area contributed by atoms with E-state index in [2.05, 4.69) is 0 Å².